The molecule has 0 aromatic carbocycles. The van der Waals surface area contributed by atoms with E-state index in [1.54, 1.807) is 0 Å². The van der Waals surface area contributed by atoms with Crippen LogP contribution >= 0.6 is 11.6 Å². The van der Waals surface area contributed by atoms with Gasteiger partial charge in [-0.25, -0.2) is 4.79 Å². The Bertz CT molecular complexity index is 188. The van der Waals surface area contributed by atoms with Crippen molar-refractivity contribution >= 4 is 22.9 Å². The van der Waals surface area contributed by atoms with Crippen molar-refractivity contribution in [3.05, 3.63) is 0 Å². The van der Waals surface area contributed by atoms with Crippen molar-refractivity contribution in [3.8, 4) is 0 Å². The van der Waals surface area contributed by atoms with Gasteiger partial charge in [0.05, 0.1) is 7.11 Å². The second kappa shape index (κ2) is 3.56. The van der Waals surface area contributed by atoms with E-state index in [-0.39, 0.29) is 0 Å². The predicted octanol–water partition coefficient (Wildman–Crippen LogP) is 1.95. The van der Waals surface area contributed by atoms with Crippen LogP contribution in [0.5, 0.6) is 0 Å². The number of methoxy groups -OCH3 is 1. The quantitative estimate of drug-likeness (QED) is 0.547. The van der Waals surface area contributed by atoms with Crippen molar-refractivity contribution in [2.24, 2.45) is 4.99 Å². The molecular formula is C4H3ClF3NO2. The highest BCUT2D eigenvalue weighted by Crippen LogP contribution is 2.19. The van der Waals surface area contributed by atoms with E-state index in [2.05, 4.69) is 21.3 Å². The molecule has 11 heavy (non-hydrogen) atoms. The Kier molecular flexibility index (Phi) is 3.31. The van der Waals surface area contributed by atoms with E-state index >= 15 is 0 Å². The Labute approximate surface area is 64.8 Å². The fourth-order valence-electron chi connectivity index (χ4n) is 0.189. The van der Waals surface area contributed by atoms with Gasteiger partial charge < -0.3 is 4.74 Å². The maximum absolute atomic E-state index is 11.5. The molecule has 0 aromatic rings. The van der Waals surface area contributed by atoms with Crippen molar-refractivity contribution in [1.29, 1.82) is 0 Å². The summed E-state index contributed by atoms with van der Waals surface area (Å²) < 4.78 is 38.2. The number of ether oxygens (including phenoxy) is 1. The fourth-order valence-corrected chi connectivity index (χ4v) is 0.258. The molecule has 0 atom stereocenters. The molecule has 0 spiro atoms. The highest BCUT2D eigenvalue weighted by atomic mass is 35.5. The normalized spacial score (nSPS) is 13.0. The van der Waals surface area contributed by atoms with Gasteiger partial charge in [-0.05, 0) is 0 Å². The van der Waals surface area contributed by atoms with E-state index in [0.717, 1.165) is 7.11 Å². The van der Waals surface area contributed by atoms with E-state index in [0.29, 0.717) is 0 Å². The summed E-state index contributed by atoms with van der Waals surface area (Å²) in [5.41, 5.74) is 0. The Hall–Kier alpha value is -0.780. The molecule has 3 nitrogen and oxygen atoms in total. The van der Waals surface area contributed by atoms with Crippen LogP contribution in [0.15, 0.2) is 4.99 Å². The molecule has 0 rings (SSSR count). The van der Waals surface area contributed by atoms with Crippen LogP contribution < -0.4 is 0 Å². The summed E-state index contributed by atoms with van der Waals surface area (Å²) in [6, 6.07) is 0. The molecule has 1 amide bonds. The van der Waals surface area contributed by atoms with Gasteiger partial charge in [-0.15, -0.1) is 0 Å². The Morgan fingerprint density at radius 3 is 2.27 bits per heavy atom. The summed E-state index contributed by atoms with van der Waals surface area (Å²) >= 11 is 4.55. The highest BCUT2D eigenvalue weighted by molar-refractivity contribution is 6.67. The van der Waals surface area contributed by atoms with Crippen molar-refractivity contribution in [3.63, 3.8) is 0 Å². The monoisotopic (exact) mass is 189 g/mol. The van der Waals surface area contributed by atoms with Gasteiger partial charge in [0.15, 0.2) is 0 Å². The number of hydrogen-bond donors (Lipinski definition) is 0. The summed E-state index contributed by atoms with van der Waals surface area (Å²) in [5.74, 6) is 0. The number of halogens is 4. The SMILES string of the molecule is COC(=O)N=C(Cl)C(F)(F)F. The number of alkyl halides is 3. The summed E-state index contributed by atoms with van der Waals surface area (Å²) in [6.45, 7) is 0. The molecule has 0 aliphatic carbocycles. The minimum atomic E-state index is -4.80. The molecule has 0 saturated carbocycles. The zero-order chi connectivity index (χ0) is 9.07. The van der Waals surface area contributed by atoms with Crippen molar-refractivity contribution in [2.75, 3.05) is 7.11 Å². The van der Waals surface area contributed by atoms with Gasteiger partial charge in [0.2, 0.25) is 5.17 Å². The van der Waals surface area contributed by atoms with Crippen LogP contribution in [0, 0.1) is 0 Å². The molecule has 0 bridgehead atoms. The predicted molar refractivity (Wildman–Crippen MR) is 31.7 cm³/mol. The van der Waals surface area contributed by atoms with Crippen LogP contribution in [0.3, 0.4) is 0 Å². The first-order valence-corrected chi connectivity index (χ1v) is 2.65. The van der Waals surface area contributed by atoms with E-state index in [1.165, 1.54) is 0 Å². The van der Waals surface area contributed by atoms with Crippen LogP contribution in [-0.4, -0.2) is 24.6 Å². The molecule has 0 aliphatic heterocycles. The van der Waals surface area contributed by atoms with Crippen LogP contribution in [0.1, 0.15) is 0 Å². The van der Waals surface area contributed by atoms with Crippen LogP contribution in [-0.2, 0) is 4.74 Å². The molecule has 0 unspecified atom stereocenters. The maximum atomic E-state index is 11.5. The average Bonchev–Trinajstić information content (AvgIpc) is 1.85. The number of amides is 1. The first-order valence-electron chi connectivity index (χ1n) is 2.27. The number of nitrogens with zero attached hydrogens (tertiary/aromatic N) is 1. The van der Waals surface area contributed by atoms with Crippen molar-refractivity contribution < 1.29 is 22.7 Å². The minimum Gasteiger partial charge on any atom is -0.451 e. The molecule has 64 valence electrons. The van der Waals surface area contributed by atoms with Gasteiger partial charge in [0.1, 0.15) is 0 Å². The third-order valence-electron chi connectivity index (χ3n) is 0.598. The standard InChI is InChI=1S/C4H3ClF3NO2/c1-11-3(10)9-2(5)4(6,7)8/h1H3. The first-order chi connectivity index (χ1) is 4.88. The van der Waals surface area contributed by atoms with Gasteiger partial charge in [-0.2, -0.15) is 18.2 Å². The van der Waals surface area contributed by atoms with Gasteiger partial charge in [-0.1, -0.05) is 11.6 Å². The minimum absolute atomic E-state index is 0.895. The maximum Gasteiger partial charge on any atom is 0.444 e. The molecule has 0 N–H and O–H groups in total. The van der Waals surface area contributed by atoms with E-state index < -0.39 is 17.4 Å². The zero-order valence-electron chi connectivity index (χ0n) is 5.28. The third kappa shape index (κ3) is 3.82. The van der Waals surface area contributed by atoms with Gasteiger partial charge in [0, 0.05) is 0 Å². The summed E-state index contributed by atoms with van der Waals surface area (Å²) in [7, 11) is 0.895. The molecule has 0 saturated heterocycles. The lowest BCUT2D eigenvalue weighted by atomic mass is 10.7. The van der Waals surface area contributed by atoms with Gasteiger partial charge in [-0.3, -0.25) is 0 Å². The van der Waals surface area contributed by atoms with Crippen LogP contribution in [0.2, 0.25) is 0 Å². The topological polar surface area (TPSA) is 38.7 Å². The molecule has 0 radical (unpaired) electrons. The second-order valence-corrected chi connectivity index (χ2v) is 1.73. The third-order valence-corrected chi connectivity index (χ3v) is 0.897. The van der Waals surface area contributed by atoms with E-state index in [4.69, 9.17) is 0 Å². The number of aliphatic imine (C=N–C) groups is 1. The van der Waals surface area contributed by atoms with Crippen molar-refractivity contribution in [1.82, 2.24) is 0 Å². The second-order valence-electron chi connectivity index (χ2n) is 1.37. The van der Waals surface area contributed by atoms with E-state index in [1.807, 2.05) is 0 Å². The number of rotatable bonds is 0. The molecule has 0 fully saturated rings. The smallest absolute Gasteiger partial charge is 0.444 e. The van der Waals surface area contributed by atoms with E-state index in [9.17, 15) is 18.0 Å². The fraction of sp³-hybridized carbons (Fsp3) is 0.500. The lowest BCUT2D eigenvalue weighted by molar-refractivity contribution is -0.0560. The largest absolute Gasteiger partial charge is 0.451 e. The molecule has 7 heteroatoms. The number of hydrogen-bond acceptors (Lipinski definition) is 2. The molecule has 0 aromatic heterocycles. The lowest BCUT2D eigenvalue weighted by Crippen LogP contribution is -2.18. The molecule has 0 aliphatic rings. The molecule has 0 heterocycles. The lowest BCUT2D eigenvalue weighted by Gasteiger charge is -2.00. The van der Waals surface area contributed by atoms with Gasteiger partial charge in [0.25, 0.3) is 0 Å². The van der Waals surface area contributed by atoms with Crippen LogP contribution in [0.25, 0.3) is 0 Å². The summed E-state index contributed by atoms with van der Waals surface area (Å²) in [6.07, 6.45) is -6.18. The van der Waals surface area contributed by atoms with Crippen molar-refractivity contribution in [2.45, 2.75) is 6.18 Å². The van der Waals surface area contributed by atoms with Crippen LogP contribution in [0.4, 0.5) is 18.0 Å². The van der Waals surface area contributed by atoms with Gasteiger partial charge >= 0.3 is 12.3 Å². The summed E-state index contributed by atoms with van der Waals surface area (Å²) in [4.78, 5) is 12.4. The number of carbonyl (C=O) groups is 1. The average molecular weight is 190 g/mol. The number of carbonyl (C=O) groups excluding carboxylic acids is 1. The Balaban J connectivity index is 4.35. The summed E-state index contributed by atoms with van der Waals surface area (Å²) in [5, 5.41) is -1.75. The first kappa shape index (κ1) is 10.2. The zero-order valence-corrected chi connectivity index (χ0v) is 6.03. The highest BCUT2D eigenvalue weighted by Gasteiger charge is 2.35. The molecular weight excluding hydrogens is 186 g/mol. The Morgan fingerprint density at radius 1 is 1.55 bits per heavy atom. The Morgan fingerprint density at radius 2 is 2.00 bits per heavy atom.